The summed E-state index contributed by atoms with van der Waals surface area (Å²) in [4.78, 5) is 5.06. The third-order valence-corrected chi connectivity index (χ3v) is 5.55. The Bertz CT molecular complexity index is 323. The first-order valence-corrected chi connectivity index (χ1v) is 8.78. The van der Waals surface area contributed by atoms with Crippen molar-refractivity contribution in [3.05, 3.63) is 0 Å². The molecule has 0 aromatic rings. The number of likely N-dealkylation sites (N-methyl/N-ethyl adjacent to an activating group) is 1. The molecule has 2 rings (SSSR count). The molecule has 0 radical (unpaired) electrons. The first-order chi connectivity index (χ1) is 9.97. The molecule has 0 aromatic carbocycles. The summed E-state index contributed by atoms with van der Waals surface area (Å²) in [5, 5.41) is 13.7. The molecule has 2 N–H and O–H groups in total. The Kier molecular flexibility index (Phi) is 6.06. The lowest BCUT2D eigenvalue weighted by atomic mass is 9.84. The number of piperazine rings is 1. The molecular formula is C17H35N3O. The van der Waals surface area contributed by atoms with Gasteiger partial charge < -0.3 is 15.3 Å². The molecule has 2 fully saturated rings. The lowest BCUT2D eigenvalue weighted by Gasteiger charge is -2.41. The van der Waals surface area contributed by atoms with Crippen LogP contribution in [0.1, 0.15) is 46.5 Å². The summed E-state index contributed by atoms with van der Waals surface area (Å²) >= 11 is 0. The maximum atomic E-state index is 9.98. The summed E-state index contributed by atoms with van der Waals surface area (Å²) < 4.78 is 0. The average Bonchev–Trinajstić information content (AvgIpc) is 2.80. The fraction of sp³-hybridized carbons (Fsp3) is 1.00. The van der Waals surface area contributed by atoms with E-state index in [2.05, 4.69) is 42.9 Å². The van der Waals surface area contributed by atoms with Crippen LogP contribution in [0.15, 0.2) is 0 Å². The smallest absolute Gasteiger partial charge is 0.0616 e. The lowest BCUT2D eigenvalue weighted by Crippen LogP contribution is -2.55. The molecule has 0 aromatic heterocycles. The largest absolute Gasteiger partial charge is 0.394 e. The van der Waals surface area contributed by atoms with Crippen LogP contribution in [0.2, 0.25) is 0 Å². The summed E-state index contributed by atoms with van der Waals surface area (Å²) in [5.41, 5.74) is -0.0238. The quantitative estimate of drug-likeness (QED) is 0.780. The van der Waals surface area contributed by atoms with Gasteiger partial charge in [0.1, 0.15) is 0 Å². The van der Waals surface area contributed by atoms with E-state index in [1.54, 1.807) is 0 Å². The van der Waals surface area contributed by atoms with Crippen LogP contribution in [0, 0.1) is 5.92 Å². The van der Waals surface area contributed by atoms with Crippen molar-refractivity contribution < 1.29 is 5.11 Å². The maximum absolute atomic E-state index is 9.98. The number of nitrogens with zero attached hydrogens (tertiary/aromatic N) is 2. The molecule has 0 bridgehead atoms. The lowest BCUT2D eigenvalue weighted by molar-refractivity contribution is 0.0730. The van der Waals surface area contributed by atoms with Crippen molar-refractivity contribution >= 4 is 0 Å². The van der Waals surface area contributed by atoms with Gasteiger partial charge in [-0.25, -0.2) is 0 Å². The molecule has 3 atom stereocenters. The zero-order valence-electron chi connectivity index (χ0n) is 14.4. The Morgan fingerprint density at radius 3 is 2.71 bits per heavy atom. The van der Waals surface area contributed by atoms with E-state index in [0.29, 0.717) is 18.0 Å². The summed E-state index contributed by atoms with van der Waals surface area (Å²) in [6.45, 7) is 11.7. The second-order valence-electron chi connectivity index (χ2n) is 7.64. The minimum atomic E-state index is -0.0238. The molecule has 2 aliphatic rings. The predicted octanol–water partition coefficient (Wildman–Crippen LogP) is 1.54. The van der Waals surface area contributed by atoms with Crippen LogP contribution in [0.4, 0.5) is 0 Å². The van der Waals surface area contributed by atoms with Gasteiger partial charge in [-0.2, -0.15) is 0 Å². The van der Waals surface area contributed by atoms with Crippen molar-refractivity contribution in [2.24, 2.45) is 5.92 Å². The van der Waals surface area contributed by atoms with E-state index in [1.165, 1.54) is 45.4 Å². The van der Waals surface area contributed by atoms with Gasteiger partial charge in [0.2, 0.25) is 0 Å². The second-order valence-corrected chi connectivity index (χ2v) is 7.64. The highest BCUT2D eigenvalue weighted by Gasteiger charge is 2.42. The third kappa shape index (κ3) is 4.19. The minimum absolute atomic E-state index is 0.0238. The first kappa shape index (κ1) is 17.2. The molecule has 4 heteroatoms. The van der Waals surface area contributed by atoms with Crippen LogP contribution in [-0.4, -0.2) is 72.4 Å². The molecule has 0 amide bonds. The third-order valence-electron chi connectivity index (χ3n) is 5.55. The molecule has 3 unspecified atom stereocenters. The Hall–Kier alpha value is -0.160. The predicted molar refractivity (Wildman–Crippen MR) is 88.6 cm³/mol. The van der Waals surface area contributed by atoms with Gasteiger partial charge in [0.25, 0.3) is 0 Å². The zero-order valence-corrected chi connectivity index (χ0v) is 14.4. The Labute approximate surface area is 130 Å². The van der Waals surface area contributed by atoms with E-state index in [0.717, 1.165) is 6.42 Å². The van der Waals surface area contributed by atoms with Gasteiger partial charge in [-0.1, -0.05) is 20.3 Å². The molecule has 124 valence electrons. The van der Waals surface area contributed by atoms with E-state index in [4.69, 9.17) is 0 Å². The normalized spacial score (nSPS) is 35.7. The van der Waals surface area contributed by atoms with Gasteiger partial charge in [0.05, 0.1) is 6.61 Å². The van der Waals surface area contributed by atoms with Crippen LogP contribution in [-0.2, 0) is 0 Å². The summed E-state index contributed by atoms with van der Waals surface area (Å²) in [5.74, 6) is 0.622. The molecule has 1 aliphatic carbocycles. The van der Waals surface area contributed by atoms with Crippen LogP contribution >= 0.6 is 0 Å². The van der Waals surface area contributed by atoms with Crippen LogP contribution in [0.25, 0.3) is 0 Å². The van der Waals surface area contributed by atoms with E-state index < -0.39 is 0 Å². The van der Waals surface area contributed by atoms with Crippen LogP contribution < -0.4 is 5.32 Å². The minimum Gasteiger partial charge on any atom is -0.394 e. The van der Waals surface area contributed by atoms with Crippen molar-refractivity contribution in [3.63, 3.8) is 0 Å². The Balaban J connectivity index is 1.89. The summed E-state index contributed by atoms with van der Waals surface area (Å²) in [6.07, 6.45) is 4.87. The average molecular weight is 297 g/mol. The molecule has 1 saturated carbocycles. The highest BCUT2D eigenvalue weighted by molar-refractivity contribution is 5.00. The molecule has 4 nitrogen and oxygen atoms in total. The van der Waals surface area contributed by atoms with Gasteiger partial charge in [0, 0.05) is 37.3 Å². The van der Waals surface area contributed by atoms with E-state index in [9.17, 15) is 5.11 Å². The number of nitrogens with one attached hydrogen (secondary N) is 1. The number of hydrogen-bond acceptors (Lipinski definition) is 4. The summed E-state index contributed by atoms with van der Waals surface area (Å²) in [6, 6.07) is 1.10. The van der Waals surface area contributed by atoms with Crippen molar-refractivity contribution in [1.29, 1.82) is 0 Å². The maximum Gasteiger partial charge on any atom is 0.0616 e. The monoisotopic (exact) mass is 297 g/mol. The van der Waals surface area contributed by atoms with Gasteiger partial charge in [-0.15, -0.1) is 0 Å². The first-order valence-electron chi connectivity index (χ1n) is 8.78. The highest BCUT2D eigenvalue weighted by Crippen LogP contribution is 2.38. The highest BCUT2D eigenvalue weighted by atomic mass is 16.3. The summed E-state index contributed by atoms with van der Waals surface area (Å²) in [7, 11) is 2.22. The topological polar surface area (TPSA) is 38.7 Å². The van der Waals surface area contributed by atoms with Gasteiger partial charge >= 0.3 is 0 Å². The molecule has 0 spiro atoms. The van der Waals surface area contributed by atoms with E-state index >= 15 is 0 Å². The van der Waals surface area contributed by atoms with Gasteiger partial charge in [-0.05, 0) is 45.7 Å². The molecular weight excluding hydrogens is 262 g/mol. The SMILES string of the molecule is CC(C)NC1(CO)CCCC1CCN1CCN(C)CC1C. The van der Waals surface area contributed by atoms with Crippen molar-refractivity contribution in [2.45, 2.75) is 64.1 Å². The number of hydrogen-bond donors (Lipinski definition) is 2. The number of aliphatic hydroxyl groups excluding tert-OH is 1. The van der Waals surface area contributed by atoms with Crippen LogP contribution in [0.5, 0.6) is 0 Å². The molecule has 1 heterocycles. The fourth-order valence-electron chi connectivity index (χ4n) is 4.41. The van der Waals surface area contributed by atoms with E-state index in [-0.39, 0.29) is 12.1 Å². The fourth-order valence-corrected chi connectivity index (χ4v) is 4.41. The Morgan fingerprint density at radius 1 is 1.33 bits per heavy atom. The second kappa shape index (κ2) is 7.40. The number of aliphatic hydroxyl groups is 1. The van der Waals surface area contributed by atoms with Crippen molar-refractivity contribution in [1.82, 2.24) is 15.1 Å². The van der Waals surface area contributed by atoms with Crippen LogP contribution in [0.3, 0.4) is 0 Å². The number of rotatable bonds is 6. The molecule has 21 heavy (non-hydrogen) atoms. The van der Waals surface area contributed by atoms with Gasteiger partial charge in [-0.3, -0.25) is 4.90 Å². The Morgan fingerprint density at radius 2 is 2.10 bits per heavy atom. The molecule has 1 saturated heterocycles. The van der Waals surface area contributed by atoms with Crippen molar-refractivity contribution in [2.75, 3.05) is 39.8 Å². The molecule has 1 aliphatic heterocycles. The standard InChI is InChI=1S/C17H35N3O/c1-14(2)18-17(13-21)8-5-6-16(17)7-9-20-11-10-19(4)12-15(20)3/h14-16,18,21H,5-13H2,1-4H3. The zero-order chi connectivity index (χ0) is 15.5. The van der Waals surface area contributed by atoms with Crippen molar-refractivity contribution in [3.8, 4) is 0 Å². The van der Waals surface area contributed by atoms with E-state index in [1.807, 2.05) is 0 Å². The van der Waals surface area contributed by atoms with Gasteiger partial charge in [0.15, 0.2) is 0 Å².